The number of β-amino-alcohol motifs (C(OH)–C–C–N with tert-alkyl or cyclic N) is 1. The number of rotatable bonds is 10. The quantitative estimate of drug-likeness (QED) is 0.455. The molecule has 1 N–H and O–H groups in total. The van der Waals surface area contributed by atoms with Crippen LogP contribution in [0.5, 0.6) is 11.5 Å². The second kappa shape index (κ2) is 11.5. The predicted molar refractivity (Wildman–Crippen MR) is 127 cm³/mol. The molecule has 0 bridgehead atoms. The summed E-state index contributed by atoms with van der Waals surface area (Å²) in [5.41, 5.74) is 0.0268. The van der Waals surface area contributed by atoms with Gasteiger partial charge in [0, 0.05) is 50.0 Å². The predicted octanol–water partition coefficient (Wildman–Crippen LogP) is 3.65. The van der Waals surface area contributed by atoms with Gasteiger partial charge in [-0.2, -0.15) is 5.10 Å². The van der Waals surface area contributed by atoms with Crippen LogP contribution in [0.15, 0.2) is 67.0 Å². The lowest BCUT2D eigenvalue weighted by Crippen LogP contribution is -2.48. The molecule has 7 nitrogen and oxygen atoms in total. The Bertz CT molecular complexity index is 984. The Kier molecular flexibility index (Phi) is 8.23. The second-order valence-electron chi connectivity index (χ2n) is 8.35. The molecule has 1 atom stereocenters. The number of aliphatic hydroxyl groups is 1. The minimum Gasteiger partial charge on any atom is -0.494 e. The van der Waals surface area contributed by atoms with Crippen LogP contribution in [0, 0.1) is 0 Å². The third-order valence-electron chi connectivity index (χ3n) is 5.43. The molecule has 4 rings (SSSR count). The van der Waals surface area contributed by atoms with Crippen LogP contribution in [-0.4, -0.2) is 64.9 Å². The molecule has 0 saturated carbocycles. The number of nitrogens with zero attached hydrogens (tertiary/aromatic N) is 3. The van der Waals surface area contributed by atoms with Gasteiger partial charge >= 0.3 is 0 Å². The topological polar surface area (TPSA) is 69.0 Å². The van der Waals surface area contributed by atoms with Gasteiger partial charge in [0.15, 0.2) is 0 Å². The van der Waals surface area contributed by atoms with E-state index >= 15 is 0 Å². The molecule has 0 radical (unpaired) electrons. The molecule has 0 unspecified atom stereocenters. The van der Waals surface area contributed by atoms with E-state index in [9.17, 15) is 5.11 Å². The van der Waals surface area contributed by atoms with Crippen molar-refractivity contribution in [3.8, 4) is 11.5 Å². The Morgan fingerprint density at radius 3 is 2.79 bits per heavy atom. The van der Waals surface area contributed by atoms with E-state index in [1.54, 1.807) is 30.5 Å². The van der Waals surface area contributed by atoms with Gasteiger partial charge < -0.3 is 19.3 Å². The number of halogens is 1. The summed E-state index contributed by atoms with van der Waals surface area (Å²) in [6.07, 6.45) is 4.62. The van der Waals surface area contributed by atoms with Crippen molar-refractivity contribution in [3.63, 3.8) is 0 Å². The van der Waals surface area contributed by atoms with Crippen molar-refractivity contribution in [2.24, 2.45) is 0 Å². The highest BCUT2D eigenvalue weighted by Crippen LogP contribution is 2.21. The van der Waals surface area contributed by atoms with Crippen molar-refractivity contribution in [2.45, 2.75) is 25.1 Å². The minimum absolute atomic E-state index is 0.143. The monoisotopic (exact) mass is 471 g/mol. The van der Waals surface area contributed by atoms with Crippen LogP contribution in [0.25, 0.3) is 0 Å². The van der Waals surface area contributed by atoms with Crippen LogP contribution >= 0.6 is 11.6 Å². The van der Waals surface area contributed by atoms with Crippen molar-refractivity contribution >= 4 is 11.6 Å². The fourth-order valence-corrected chi connectivity index (χ4v) is 3.93. The van der Waals surface area contributed by atoms with Gasteiger partial charge in [-0.1, -0.05) is 23.7 Å². The van der Waals surface area contributed by atoms with Gasteiger partial charge in [0.05, 0.1) is 19.8 Å². The number of hydrogen-bond donors (Lipinski definition) is 1. The van der Waals surface area contributed by atoms with Crippen LogP contribution in [-0.2, 0) is 17.8 Å². The molecule has 1 saturated heterocycles. The summed E-state index contributed by atoms with van der Waals surface area (Å²) < 4.78 is 19.3. The average Bonchev–Trinajstić information content (AvgIpc) is 3.26. The third-order valence-corrected chi connectivity index (χ3v) is 5.68. The molecule has 176 valence electrons. The Morgan fingerprint density at radius 1 is 1.09 bits per heavy atom. The summed E-state index contributed by atoms with van der Waals surface area (Å²) >= 11 is 5.93. The lowest BCUT2D eigenvalue weighted by molar-refractivity contribution is -0.0646. The molecule has 2 heterocycles. The van der Waals surface area contributed by atoms with Crippen molar-refractivity contribution in [3.05, 3.63) is 77.6 Å². The van der Waals surface area contributed by atoms with Gasteiger partial charge in [-0.15, -0.1) is 0 Å². The molecule has 0 aliphatic carbocycles. The summed E-state index contributed by atoms with van der Waals surface area (Å²) in [6, 6.07) is 17.1. The maximum Gasteiger partial charge on any atom is 0.134 e. The molecule has 1 aromatic heterocycles. The first-order valence-corrected chi connectivity index (χ1v) is 11.6. The Hall–Kier alpha value is -2.58. The fourth-order valence-electron chi connectivity index (χ4n) is 3.81. The number of ether oxygens (including phenoxy) is 3. The smallest absolute Gasteiger partial charge is 0.134 e. The van der Waals surface area contributed by atoms with Crippen LogP contribution in [0.2, 0.25) is 5.02 Å². The highest BCUT2D eigenvalue weighted by Gasteiger charge is 2.33. The van der Waals surface area contributed by atoms with E-state index in [2.05, 4.69) is 22.1 Å². The van der Waals surface area contributed by atoms with E-state index in [-0.39, 0.29) is 13.2 Å². The van der Waals surface area contributed by atoms with Crippen LogP contribution < -0.4 is 9.47 Å². The zero-order chi connectivity index (χ0) is 22.9. The second-order valence-corrected chi connectivity index (χ2v) is 8.79. The van der Waals surface area contributed by atoms with Gasteiger partial charge in [-0.05, 0) is 48.0 Å². The van der Waals surface area contributed by atoms with Crippen LogP contribution in [0.4, 0.5) is 0 Å². The fraction of sp³-hybridized carbons (Fsp3) is 0.400. The zero-order valence-electron chi connectivity index (χ0n) is 18.6. The number of hydrogen-bond acceptors (Lipinski definition) is 6. The maximum absolute atomic E-state index is 11.1. The molecule has 2 aromatic carbocycles. The van der Waals surface area contributed by atoms with Gasteiger partial charge in [-0.25, -0.2) is 0 Å². The molecule has 33 heavy (non-hydrogen) atoms. The average molecular weight is 472 g/mol. The number of aryl methyl sites for hydroxylation is 1. The van der Waals surface area contributed by atoms with Gasteiger partial charge in [-0.3, -0.25) is 9.58 Å². The lowest BCUT2D eigenvalue weighted by Gasteiger charge is -2.30. The summed E-state index contributed by atoms with van der Waals surface area (Å²) in [7, 11) is 0. The molecule has 0 amide bonds. The van der Waals surface area contributed by atoms with Crippen molar-refractivity contribution in [2.75, 3.05) is 39.5 Å². The Morgan fingerprint density at radius 2 is 1.97 bits per heavy atom. The van der Waals surface area contributed by atoms with Crippen molar-refractivity contribution in [1.29, 1.82) is 0 Å². The Labute approximate surface area is 199 Å². The van der Waals surface area contributed by atoms with E-state index in [0.29, 0.717) is 37.1 Å². The zero-order valence-corrected chi connectivity index (χ0v) is 19.4. The molecule has 0 spiro atoms. The molecular weight excluding hydrogens is 442 g/mol. The van der Waals surface area contributed by atoms with E-state index in [4.69, 9.17) is 25.8 Å². The van der Waals surface area contributed by atoms with E-state index in [1.807, 2.05) is 29.1 Å². The SMILES string of the molecule is O[C@]1(COc2ccc(Cl)cc2)COCCN(Cc2cccc(OCCCn3cccn3)c2)C1. The van der Waals surface area contributed by atoms with Gasteiger partial charge in [0.1, 0.15) is 23.7 Å². The molecule has 1 aliphatic rings. The Balaban J connectivity index is 1.28. The normalized spacial score (nSPS) is 19.2. The highest BCUT2D eigenvalue weighted by molar-refractivity contribution is 6.30. The van der Waals surface area contributed by atoms with Crippen molar-refractivity contribution in [1.82, 2.24) is 14.7 Å². The van der Waals surface area contributed by atoms with Crippen molar-refractivity contribution < 1.29 is 19.3 Å². The minimum atomic E-state index is -1.10. The third kappa shape index (κ3) is 7.47. The standard InChI is InChI=1S/C25H30ClN3O4/c26-22-6-8-23(9-7-22)33-20-25(30)18-28(13-15-31-19-25)17-21-4-1-5-24(16-21)32-14-3-12-29-11-2-10-27-29/h1-2,4-11,16,30H,3,12-15,17-20H2/t25-/m0/s1. The summed E-state index contributed by atoms with van der Waals surface area (Å²) in [5.74, 6) is 1.52. The maximum atomic E-state index is 11.1. The van der Waals surface area contributed by atoms with E-state index in [0.717, 1.165) is 30.8 Å². The van der Waals surface area contributed by atoms with Gasteiger partial charge in [0.2, 0.25) is 0 Å². The molecule has 1 fully saturated rings. The molecule has 1 aliphatic heterocycles. The van der Waals surface area contributed by atoms with Crippen LogP contribution in [0.1, 0.15) is 12.0 Å². The van der Waals surface area contributed by atoms with Gasteiger partial charge in [0.25, 0.3) is 0 Å². The van der Waals surface area contributed by atoms with E-state index < -0.39 is 5.60 Å². The largest absolute Gasteiger partial charge is 0.494 e. The number of aromatic nitrogens is 2. The summed E-state index contributed by atoms with van der Waals surface area (Å²) in [6.45, 7) is 4.28. The first kappa shape index (κ1) is 23.6. The molecule has 3 aromatic rings. The first-order valence-electron chi connectivity index (χ1n) is 11.2. The number of benzene rings is 2. The molecule has 8 heteroatoms. The summed E-state index contributed by atoms with van der Waals surface area (Å²) in [5, 5.41) is 16.0. The van der Waals surface area contributed by atoms with Crippen LogP contribution in [0.3, 0.4) is 0 Å². The first-order chi connectivity index (χ1) is 16.1. The highest BCUT2D eigenvalue weighted by atomic mass is 35.5. The summed E-state index contributed by atoms with van der Waals surface area (Å²) in [4.78, 5) is 2.19. The van der Waals surface area contributed by atoms with E-state index in [1.165, 1.54) is 0 Å². The molecular formula is C25H30ClN3O4. The lowest BCUT2D eigenvalue weighted by atomic mass is 10.1.